The molecule has 0 saturated carbocycles. The average molecular weight is 238 g/mol. The van der Waals surface area contributed by atoms with Gasteiger partial charge < -0.3 is 15.7 Å². The Morgan fingerprint density at radius 3 is 2.38 bits per heavy atom. The zero-order valence-electron chi connectivity index (χ0n) is 9.72. The third kappa shape index (κ3) is 6.68. The summed E-state index contributed by atoms with van der Waals surface area (Å²) in [6.07, 6.45) is 1.63. The molecule has 0 atom stereocenters. The molecule has 4 nitrogen and oxygen atoms in total. The number of rotatable bonds is 8. The van der Waals surface area contributed by atoms with E-state index >= 15 is 0 Å². The van der Waals surface area contributed by atoms with E-state index in [2.05, 4.69) is 10.6 Å². The van der Waals surface area contributed by atoms with Gasteiger partial charge in [-0.05, 0) is 12.8 Å². The Morgan fingerprint density at radius 1 is 1.38 bits per heavy atom. The standard InChI is InChI=1S/C10H20F2N2O2/c1-3-8(4-2)14-9(16)5-13-6-10(11,12)7-15/h8,13,15H,3-7H2,1-2H3,(H,14,16). The predicted octanol–water partition coefficient (Wildman–Crippen LogP) is 0.508. The first-order valence-corrected chi connectivity index (χ1v) is 5.44. The second kappa shape index (κ2) is 7.51. The topological polar surface area (TPSA) is 61.4 Å². The molecule has 0 aliphatic heterocycles. The first-order chi connectivity index (χ1) is 7.45. The fourth-order valence-electron chi connectivity index (χ4n) is 1.19. The van der Waals surface area contributed by atoms with Gasteiger partial charge in [0.05, 0.1) is 13.1 Å². The summed E-state index contributed by atoms with van der Waals surface area (Å²) in [4.78, 5) is 11.3. The van der Waals surface area contributed by atoms with Crippen LogP contribution >= 0.6 is 0 Å². The van der Waals surface area contributed by atoms with Crippen molar-refractivity contribution in [1.29, 1.82) is 0 Å². The van der Waals surface area contributed by atoms with Crippen LogP contribution in [0, 0.1) is 0 Å². The summed E-state index contributed by atoms with van der Waals surface area (Å²) in [6, 6.07) is 0.0904. The summed E-state index contributed by atoms with van der Waals surface area (Å²) in [5.41, 5.74) is 0. The van der Waals surface area contributed by atoms with E-state index < -0.39 is 19.1 Å². The van der Waals surface area contributed by atoms with Gasteiger partial charge in [0.25, 0.3) is 5.92 Å². The number of hydrogen-bond acceptors (Lipinski definition) is 3. The monoisotopic (exact) mass is 238 g/mol. The molecule has 0 saturated heterocycles. The predicted molar refractivity (Wildman–Crippen MR) is 57.4 cm³/mol. The van der Waals surface area contributed by atoms with Gasteiger partial charge in [-0.25, -0.2) is 8.78 Å². The second-order valence-corrected chi connectivity index (χ2v) is 3.70. The van der Waals surface area contributed by atoms with E-state index in [1.165, 1.54) is 0 Å². The van der Waals surface area contributed by atoms with Crippen molar-refractivity contribution in [2.45, 2.75) is 38.7 Å². The lowest BCUT2D eigenvalue weighted by Gasteiger charge is -2.16. The maximum atomic E-state index is 12.6. The van der Waals surface area contributed by atoms with E-state index in [1.54, 1.807) is 0 Å². The highest BCUT2D eigenvalue weighted by atomic mass is 19.3. The number of aliphatic hydroxyl groups excluding tert-OH is 1. The zero-order valence-corrected chi connectivity index (χ0v) is 9.72. The maximum Gasteiger partial charge on any atom is 0.282 e. The Morgan fingerprint density at radius 2 is 1.94 bits per heavy atom. The number of halogens is 2. The van der Waals surface area contributed by atoms with Gasteiger partial charge in [0, 0.05) is 6.04 Å². The van der Waals surface area contributed by atoms with Crippen molar-refractivity contribution in [2.75, 3.05) is 19.7 Å². The highest BCUT2D eigenvalue weighted by Gasteiger charge is 2.27. The van der Waals surface area contributed by atoms with Gasteiger partial charge >= 0.3 is 0 Å². The second-order valence-electron chi connectivity index (χ2n) is 3.70. The molecule has 0 bridgehead atoms. The fourth-order valence-corrected chi connectivity index (χ4v) is 1.19. The molecule has 0 rings (SSSR count). The maximum absolute atomic E-state index is 12.6. The minimum absolute atomic E-state index is 0.0904. The van der Waals surface area contributed by atoms with Crippen LogP contribution in [0.25, 0.3) is 0 Å². The van der Waals surface area contributed by atoms with E-state index in [4.69, 9.17) is 5.11 Å². The first-order valence-electron chi connectivity index (χ1n) is 5.44. The van der Waals surface area contributed by atoms with E-state index in [1.807, 2.05) is 13.8 Å². The number of carbonyl (C=O) groups excluding carboxylic acids is 1. The van der Waals surface area contributed by atoms with Gasteiger partial charge in [-0.15, -0.1) is 0 Å². The molecule has 16 heavy (non-hydrogen) atoms. The molecule has 0 spiro atoms. The Kier molecular flexibility index (Phi) is 7.16. The number of carbonyl (C=O) groups is 1. The Labute approximate surface area is 94.4 Å². The Hall–Kier alpha value is -0.750. The lowest BCUT2D eigenvalue weighted by molar-refractivity contribution is -0.121. The lowest BCUT2D eigenvalue weighted by atomic mass is 10.2. The van der Waals surface area contributed by atoms with E-state index in [-0.39, 0.29) is 18.5 Å². The number of nitrogens with one attached hydrogen (secondary N) is 2. The van der Waals surface area contributed by atoms with Crippen molar-refractivity contribution in [3.05, 3.63) is 0 Å². The van der Waals surface area contributed by atoms with Crippen molar-refractivity contribution < 1.29 is 18.7 Å². The molecule has 96 valence electrons. The highest BCUT2D eigenvalue weighted by Crippen LogP contribution is 2.09. The molecule has 6 heteroatoms. The van der Waals surface area contributed by atoms with Crippen LogP contribution in [0.5, 0.6) is 0 Å². The number of aliphatic hydroxyl groups is 1. The summed E-state index contributed by atoms with van der Waals surface area (Å²) < 4.78 is 25.1. The summed E-state index contributed by atoms with van der Waals surface area (Å²) in [7, 11) is 0. The SMILES string of the molecule is CCC(CC)NC(=O)CNCC(F)(F)CO. The van der Waals surface area contributed by atoms with Crippen LogP contribution in [0.1, 0.15) is 26.7 Å². The van der Waals surface area contributed by atoms with Crippen LogP contribution in [0.4, 0.5) is 8.78 Å². The molecule has 0 aromatic carbocycles. The normalized spacial score (nSPS) is 11.9. The summed E-state index contributed by atoms with van der Waals surface area (Å²) in [5, 5.41) is 13.3. The van der Waals surface area contributed by atoms with E-state index in [9.17, 15) is 13.6 Å². The van der Waals surface area contributed by atoms with Gasteiger partial charge in [-0.2, -0.15) is 0 Å². The molecule has 3 N–H and O–H groups in total. The van der Waals surface area contributed by atoms with Gasteiger partial charge in [0.1, 0.15) is 6.61 Å². The highest BCUT2D eigenvalue weighted by molar-refractivity contribution is 5.78. The number of hydrogen-bond donors (Lipinski definition) is 3. The summed E-state index contributed by atoms with van der Waals surface area (Å²) in [6.45, 7) is 1.82. The Bertz CT molecular complexity index is 209. The third-order valence-corrected chi connectivity index (χ3v) is 2.25. The minimum atomic E-state index is -3.17. The van der Waals surface area contributed by atoms with Crippen LogP contribution in [-0.2, 0) is 4.79 Å². The van der Waals surface area contributed by atoms with Crippen LogP contribution in [-0.4, -0.2) is 42.7 Å². The van der Waals surface area contributed by atoms with Crippen LogP contribution < -0.4 is 10.6 Å². The van der Waals surface area contributed by atoms with Gasteiger partial charge in [0.2, 0.25) is 5.91 Å². The minimum Gasteiger partial charge on any atom is -0.390 e. The van der Waals surface area contributed by atoms with Gasteiger partial charge in [-0.1, -0.05) is 13.8 Å². The zero-order chi connectivity index (χ0) is 12.6. The van der Waals surface area contributed by atoms with Crippen molar-refractivity contribution >= 4 is 5.91 Å². The molecule has 0 fully saturated rings. The van der Waals surface area contributed by atoms with Crippen molar-refractivity contribution in [3.8, 4) is 0 Å². The van der Waals surface area contributed by atoms with Crippen molar-refractivity contribution in [1.82, 2.24) is 10.6 Å². The molecule has 0 aromatic rings. The molecule has 0 heterocycles. The number of amides is 1. The molecular formula is C10H20F2N2O2. The lowest BCUT2D eigenvalue weighted by Crippen LogP contribution is -2.43. The molecule has 0 aromatic heterocycles. The molecule has 0 radical (unpaired) electrons. The number of alkyl halides is 2. The van der Waals surface area contributed by atoms with E-state index in [0.29, 0.717) is 0 Å². The van der Waals surface area contributed by atoms with Crippen LogP contribution in [0.3, 0.4) is 0 Å². The molecule has 0 aliphatic rings. The van der Waals surface area contributed by atoms with Crippen molar-refractivity contribution in [2.24, 2.45) is 0 Å². The van der Waals surface area contributed by atoms with Gasteiger partial charge in [0.15, 0.2) is 0 Å². The average Bonchev–Trinajstić information content (AvgIpc) is 2.25. The smallest absolute Gasteiger partial charge is 0.282 e. The van der Waals surface area contributed by atoms with E-state index in [0.717, 1.165) is 12.8 Å². The summed E-state index contributed by atoms with van der Waals surface area (Å²) in [5.74, 6) is -3.47. The molecule has 0 aliphatic carbocycles. The van der Waals surface area contributed by atoms with Gasteiger partial charge in [-0.3, -0.25) is 4.79 Å². The molecular weight excluding hydrogens is 218 g/mol. The summed E-state index contributed by atoms with van der Waals surface area (Å²) >= 11 is 0. The van der Waals surface area contributed by atoms with Crippen LogP contribution in [0.15, 0.2) is 0 Å². The Balaban J connectivity index is 3.74. The van der Waals surface area contributed by atoms with Crippen molar-refractivity contribution in [3.63, 3.8) is 0 Å². The largest absolute Gasteiger partial charge is 0.390 e. The first kappa shape index (κ1) is 15.2. The van der Waals surface area contributed by atoms with Crippen LogP contribution in [0.2, 0.25) is 0 Å². The third-order valence-electron chi connectivity index (χ3n) is 2.25. The quantitative estimate of drug-likeness (QED) is 0.577. The molecule has 0 unspecified atom stereocenters. The molecule has 1 amide bonds. The fraction of sp³-hybridized carbons (Fsp3) is 0.900.